The van der Waals surface area contributed by atoms with Gasteiger partial charge in [0, 0.05) is 52.8 Å². The fraction of sp³-hybridized carbons (Fsp3) is 0. The Hall–Kier alpha value is -7.67. The van der Waals surface area contributed by atoms with Crippen molar-refractivity contribution >= 4 is 96.9 Å². The van der Waals surface area contributed by atoms with Crippen molar-refractivity contribution in [2.45, 2.75) is 0 Å². The van der Waals surface area contributed by atoms with Crippen LogP contribution in [0.1, 0.15) is 0 Å². The quantitative estimate of drug-likeness (QED) is 0.167. The van der Waals surface area contributed by atoms with Crippen LogP contribution in [0.4, 0.5) is 0 Å². The first-order chi connectivity index (χ1) is 29.2. The molecule has 0 spiro atoms. The molecule has 13 aromatic rings. The maximum absolute atomic E-state index is 6.62. The zero-order valence-electron chi connectivity index (χ0n) is 31.3. The maximum atomic E-state index is 6.62. The van der Waals surface area contributed by atoms with Gasteiger partial charge in [-0.1, -0.05) is 127 Å². The van der Waals surface area contributed by atoms with E-state index in [-0.39, 0.29) is 0 Å². The summed E-state index contributed by atoms with van der Waals surface area (Å²) in [4.78, 5) is 16.3. The van der Waals surface area contributed by atoms with Gasteiger partial charge in [0.1, 0.15) is 22.3 Å². The van der Waals surface area contributed by atoms with Gasteiger partial charge in [0.15, 0.2) is 17.5 Å². The van der Waals surface area contributed by atoms with Gasteiger partial charge in [0.2, 0.25) is 0 Å². The van der Waals surface area contributed by atoms with E-state index in [0.29, 0.717) is 17.5 Å². The Labute approximate surface area is 340 Å². The van der Waals surface area contributed by atoms with Crippen molar-refractivity contribution in [2.24, 2.45) is 0 Å². The zero-order valence-corrected chi connectivity index (χ0v) is 32.1. The fourth-order valence-electron chi connectivity index (χ4n) is 9.07. The maximum Gasteiger partial charge on any atom is 0.167 e. The van der Waals surface area contributed by atoms with Crippen molar-refractivity contribution in [3.8, 4) is 45.3 Å². The Bertz CT molecular complexity index is 3870. The molecule has 4 heterocycles. The van der Waals surface area contributed by atoms with E-state index in [0.717, 1.165) is 87.9 Å². The molecule has 0 fully saturated rings. The third-order valence-corrected chi connectivity index (χ3v) is 12.9. The van der Waals surface area contributed by atoms with Gasteiger partial charge in [0.25, 0.3) is 0 Å². The molecule has 59 heavy (non-hydrogen) atoms. The van der Waals surface area contributed by atoms with E-state index in [1.807, 2.05) is 41.7 Å². The summed E-state index contributed by atoms with van der Waals surface area (Å²) in [7, 11) is 0. The number of benzene rings is 9. The highest BCUT2D eigenvalue weighted by Crippen LogP contribution is 2.45. The molecule has 5 nitrogen and oxygen atoms in total. The molecule has 6 heteroatoms. The van der Waals surface area contributed by atoms with Crippen LogP contribution in [0.15, 0.2) is 185 Å². The lowest BCUT2D eigenvalue weighted by atomic mass is 9.93. The van der Waals surface area contributed by atoms with Crippen LogP contribution in [0.5, 0.6) is 0 Å². The Morgan fingerprint density at radius 3 is 1.86 bits per heavy atom. The molecule has 0 aliphatic heterocycles. The summed E-state index contributed by atoms with van der Waals surface area (Å²) >= 11 is 1.81. The summed E-state index contributed by atoms with van der Waals surface area (Å²) < 4.78 is 15.7. The second-order valence-corrected chi connectivity index (χ2v) is 16.1. The second-order valence-electron chi connectivity index (χ2n) is 15.0. The highest BCUT2D eigenvalue weighted by atomic mass is 32.1. The number of hydrogen-bond acceptors (Lipinski definition) is 6. The number of thiophene rings is 1. The monoisotopic (exact) mass is 771 g/mol. The van der Waals surface area contributed by atoms with Crippen LogP contribution in [-0.4, -0.2) is 15.0 Å². The minimum atomic E-state index is 0.530. The molecule has 0 amide bonds. The summed E-state index contributed by atoms with van der Waals surface area (Å²) in [6.45, 7) is 0. The molecule has 4 aromatic heterocycles. The number of aromatic nitrogens is 3. The summed E-state index contributed by atoms with van der Waals surface area (Å²) in [6, 6.07) is 61.5. The van der Waals surface area contributed by atoms with Crippen LogP contribution in [-0.2, 0) is 0 Å². The fourth-order valence-corrected chi connectivity index (χ4v) is 10.2. The third-order valence-electron chi connectivity index (χ3n) is 11.7. The Morgan fingerprint density at radius 1 is 0.356 bits per heavy atom. The molecule has 274 valence electrons. The van der Waals surface area contributed by atoms with Crippen LogP contribution in [0.3, 0.4) is 0 Å². The summed E-state index contributed by atoms with van der Waals surface area (Å²) in [5.41, 5.74) is 7.84. The van der Waals surface area contributed by atoms with Crippen molar-refractivity contribution in [1.29, 1.82) is 0 Å². The number of rotatable bonds is 4. The Kier molecular flexibility index (Phi) is 6.82. The lowest BCUT2D eigenvalue weighted by Gasteiger charge is -2.15. The van der Waals surface area contributed by atoms with Gasteiger partial charge in [-0.2, -0.15) is 0 Å². The van der Waals surface area contributed by atoms with Crippen LogP contribution in [0, 0.1) is 0 Å². The van der Waals surface area contributed by atoms with Crippen molar-refractivity contribution in [2.75, 3.05) is 0 Å². The lowest BCUT2D eigenvalue weighted by Crippen LogP contribution is -2.02. The SMILES string of the molecule is c1ccc2c(c1)cc(-c1nc(-c3cccc4c3oc3ccccc34)nc(-c3c(-c4ccc5c(c4)sc4ccccc45)ccc4oc5ccccc5c34)n1)c1ccccc12. The van der Waals surface area contributed by atoms with Crippen LogP contribution < -0.4 is 0 Å². The van der Waals surface area contributed by atoms with Crippen LogP contribution in [0.25, 0.3) is 131 Å². The smallest absolute Gasteiger partial charge is 0.167 e. The van der Waals surface area contributed by atoms with Crippen molar-refractivity contribution < 1.29 is 8.83 Å². The van der Waals surface area contributed by atoms with Crippen molar-refractivity contribution in [1.82, 2.24) is 15.0 Å². The Morgan fingerprint density at radius 2 is 1.00 bits per heavy atom. The standard InChI is InChI=1S/C53H29N3O2S/c1-2-13-32-30(12-1)28-42(35-15-4-3-14-34(32)35)52-54-51(41-20-11-19-39-36-16-5-8-21-43(36)58-50(39)41)55-53(56-52)49-33(26-27-45-48(49)40-18-6-9-22-44(40)57-45)31-24-25-38-37-17-7-10-23-46(37)59-47(38)29-31/h1-29H. The highest BCUT2D eigenvalue weighted by molar-refractivity contribution is 7.25. The highest BCUT2D eigenvalue weighted by Gasteiger charge is 2.24. The normalized spacial score (nSPS) is 12.1. The number of fused-ring (bicyclic) bond motifs is 12. The van der Waals surface area contributed by atoms with Gasteiger partial charge >= 0.3 is 0 Å². The second kappa shape index (κ2) is 12.4. The van der Waals surface area contributed by atoms with E-state index in [1.165, 1.54) is 25.6 Å². The van der Waals surface area contributed by atoms with Gasteiger partial charge in [-0.15, -0.1) is 11.3 Å². The van der Waals surface area contributed by atoms with E-state index < -0.39 is 0 Å². The minimum Gasteiger partial charge on any atom is -0.456 e. The summed E-state index contributed by atoms with van der Waals surface area (Å²) in [5, 5.41) is 11.0. The average molecular weight is 772 g/mol. The van der Waals surface area contributed by atoms with Gasteiger partial charge in [0.05, 0.1) is 5.56 Å². The predicted molar refractivity (Wildman–Crippen MR) is 244 cm³/mol. The first-order valence-corrected chi connectivity index (χ1v) is 20.5. The van der Waals surface area contributed by atoms with Crippen molar-refractivity contribution in [3.63, 3.8) is 0 Å². The minimum absolute atomic E-state index is 0.530. The number of nitrogens with zero attached hydrogens (tertiary/aromatic N) is 3. The van der Waals surface area contributed by atoms with E-state index in [1.54, 1.807) is 0 Å². The first kappa shape index (κ1) is 32.4. The molecule has 0 radical (unpaired) electrons. The Balaban J connectivity index is 1.16. The van der Waals surface area contributed by atoms with Crippen LogP contribution >= 0.6 is 11.3 Å². The topological polar surface area (TPSA) is 65.0 Å². The molecular formula is C53H29N3O2S. The molecule has 9 aromatic carbocycles. The molecule has 0 unspecified atom stereocenters. The average Bonchev–Trinajstić information content (AvgIpc) is 3.99. The van der Waals surface area contributed by atoms with Gasteiger partial charge in [-0.3, -0.25) is 0 Å². The molecule has 13 rings (SSSR count). The molecule has 0 saturated heterocycles. The van der Waals surface area contributed by atoms with E-state index in [9.17, 15) is 0 Å². The van der Waals surface area contributed by atoms with E-state index >= 15 is 0 Å². The van der Waals surface area contributed by atoms with Crippen LogP contribution in [0.2, 0.25) is 0 Å². The number of hydrogen-bond donors (Lipinski definition) is 0. The van der Waals surface area contributed by atoms with E-state index in [4.69, 9.17) is 23.8 Å². The summed E-state index contributed by atoms with van der Waals surface area (Å²) in [5.74, 6) is 1.66. The van der Waals surface area contributed by atoms with E-state index in [2.05, 4.69) is 146 Å². The molecule has 0 atom stereocenters. The molecule has 0 aliphatic carbocycles. The predicted octanol–water partition coefficient (Wildman–Crippen LogP) is 15.0. The largest absolute Gasteiger partial charge is 0.456 e. The first-order valence-electron chi connectivity index (χ1n) is 19.7. The molecular weight excluding hydrogens is 743 g/mol. The number of para-hydroxylation sites is 3. The van der Waals surface area contributed by atoms with Crippen molar-refractivity contribution in [3.05, 3.63) is 176 Å². The lowest BCUT2D eigenvalue weighted by molar-refractivity contribution is 0.668. The summed E-state index contributed by atoms with van der Waals surface area (Å²) in [6.07, 6.45) is 0. The number of furan rings is 2. The molecule has 0 bridgehead atoms. The molecule has 0 saturated carbocycles. The van der Waals surface area contributed by atoms with Gasteiger partial charge < -0.3 is 8.83 Å². The van der Waals surface area contributed by atoms with Gasteiger partial charge in [-0.05, 0) is 81.2 Å². The van der Waals surface area contributed by atoms with Gasteiger partial charge in [-0.25, -0.2) is 15.0 Å². The third kappa shape index (κ3) is 4.87. The zero-order chi connectivity index (χ0) is 38.6. The molecule has 0 aliphatic rings. The molecule has 0 N–H and O–H groups in total.